The van der Waals surface area contributed by atoms with E-state index in [1.165, 1.54) is 12.8 Å². The van der Waals surface area contributed by atoms with Gasteiger partial charge in [-0.1, -0.05) is 26.2 Å². The van der Waals surface area contributed by atoms with Gasteiger partial charge in [0.1, 0.15) is 5.82 Å². The molecule has 0 radical (unpaired) electrons. The average Bonchev–Trinajstić information content (AvgIpc) is 2.65. The minimum atomic E-state index is -0.232. The summed E-state index contributed by atoms with van der Waals surface area (Å²) < 4.78 is 2.09. The van der Waals surface area contributed by atoms with E-state index >= 15 is 0 Å². The summed E-state index contributed by atoms with van der Waals surface area (Å²) in [5.74, 6) is 1.00. The summed E-state index contributed by atoms with van der Waals surface area (Å²) in [6.07, 6.45) is 8.64. The molecule has 1 N–H and O–H groups in total. The second kappa shape index (κ2) is 6.62. The number of aliphatic hydroxyl groups excluding tert-OH is 1. The van der Waals surface area contributed by atoms with Gasteiger partial charge in [-0.15, -0.1) is 0 Å². The number of imidazole rings is 1. The molecule has 0 saturated heterocycles. The van der Waals surface area contributed by atoms with E-state index in [1.54, 1.807) is 6.20 Å². The van der Waals surface area contributed by atoms with E-state index in [2.05, 4.69) is 23.4 Å². The van der Waals surface area contributed by atoms with Crippen LogP contribution in [0.1, 0.15) is 45.4 Å². The lowest BCUT2D eigenvalue weighted by Gasteiger charge is -2.10. The van der Waals surface area contributed by atoms with Crippen LogP contribution < -0.4 is 0 Å². The Morgan fingerprint density at radius 2 is 2.20 bits per heavy atom. The highest BCUT2D eigenvalue weighted by Gasteiger charge is 2.09. The Hall–Kier alpha value is -0.830. The van der Waals surface area contributed by atoms with Crippen molar-refractivity contribution in [3.63, 3.8) is 0 Å². The Morgan fingerprint density at radius 3 is 2.87 bits per heavy atom. The predicted octanol–water partition coefficient (Wildman–Crippen LogP) is 2.39. The standard InChI is InChI=1S/C12H22N2O/c1-3-5-6-7-11(15)10-12-13-8-9-14(12)4-2/h8-9,11,15H,3-7,10H2,1-2H3. The van der Waals surface area contributed by atoms with Crippen molar-refractivity contribution in [2.45, 2.75) is 58.6 Å². The molecule has 0 aromatic carbocycles. The van der Waals surface area contributed by atoms with Crippen LogP contribution in [0.5, 0.6) is 0 Å². The second-order valence-corrected chi connectivity index (χ2v) is 3.98. The lowest BCUT2D eigenvalue weighted by Crippen LogP contribution is -2.14. The van der Waals surface area contributed by atoms with E-state index < -0.39 is 0 Å². The summed E-state index contributed by atoms with van der Waals surface area (Å²) in [7, 11) is 0. The molecule has 0 spiro atoms. The van der Waals surface area contributed by atoms with Crippen molar-refractivity contribution in [2.75, 3.05) is 0 Å². The molecule has 1 aromatic rings. The average molecular weight is 210 g/mol. The fourth-order valence-electron chi connectivity index (χ4n) is 1.76. The molecule has 0 amide bonds. The highest BCUT2D eigenvalue weighted by molar-refractivity contribution is 4.93. The number of hydrogen-bond acceptors (Lipinski definition) is 2. The normalized spacial score (nSPS) is 13.0. The van der Waals surface area contributed by atoms with E-state index in [0.717, 1.165) is 25.2 Å². The molecule has 0 aliphatic carbocycles. The lowest BCUT2D eigenvalue weighted by atomic mass is 10.1. The highest BCUT2D eigenvalue weighted by atomic mass is 16.3. The summed E-state index contributed by atoms with van der Waals surface area (Å²) in [6.45, 7) is 5.20. The quantitative estimate of drug-likeness (QED) is 0.702. The molecule has 1 unspecified atom stereocenters. The molecule has 1 rings (SSSR count). The maximum Gasteiger partial charge on any atom is 0.111 e. The van der Waals surface area contributed by atoms with Crippen molar-refractivity contribution in [3.8, 4) is 0 Å². The molecular formula is C12H22N2O. The van der Waals surface area contributed by atoms with Crippen LogP contribution >= 0.6 is 0 Å². The third-order valence-corrected chi connectivity index (χ3v) is 2.70. The smallest absolute Gasteiger partial charge is 0.111 e. The third kappa shape index (κ3) is 4.04. The van der Waals surface area contributed by atoms with Crippen LogP contribution in [0.4, 0.5) is 0 Å². The van der Waals surface area contributed by atoms with E-state index in [4.69, 9.17) is 0 Å². The molecule has 0 aliphatic heterocycles. The number of aryl methyl sites for hydroxylation is 1. The fraction of sp³-hybridized carbons (Fsp3) is 0.750. The van der Waals surface area contributed by atoms with E-state index in [-0.39, 0.29) is 6.10 Å². The molecule has 3 nitrogen and oxygen atoms in total. The molecule has 86 valence electrons. The van der Waals surface area contributed by atoms with Crippen molar-refractivity contribution >= 4 is 0 Å². The first-order chi connectivity index (χ1) is 7.27. The van der Waals surface area contributed by atoms with Crippen LogP contribution in [0, 0.1) is 0 Å². The van der Waals surface area contributed by atoms with Gasteiger partial charge in [0.05, 0.1) is 6.10 Å². The monoisotopic (exact) mass is 210 g/mol. The SMILES string of the molecule is CCCCCC(O)Cc1nccn1CC. The van der Waals surface area contributed by atoms with Crippen LogP contribution in [0.25, 0.3) is 0 Å². The van der Waals surface area contributed by atoms with E-state index in [1.807, 2.05) is 6.20 Å². The molecular weight excluding hydrogens is 188 g/mol. The summed E-state index contributed by atoms with van der Waals surface area (Å²) >= 11 is 0. The molecule has 0 saturated carbocycles. The number of rotatable bonds is 7. The van der Waals surface area contributed by atoms with Gasteiger partial charge in [-0.05, 0) is 13.3 Å². The second-order valence-electron chi connectivity index (χ2n) is 3.98. The minimum Gasteiger partial charge on any atom is -0.393 e. The zero-order valence-electron chi connectivity index (χ0n) is 9.82. The van der Waals surface area contributed by atoms with E-state index in [9.17, 15) is 5.11 Å². The maximum atomic E-state index is 9.81. The van der Waals surface area contributed by atoms with Gasteiger partial charge < -0.3 is 9.67 Å². The highest BCUT2D eigenvalue weighted by Crippen LogP contribution is 2.08. The number of aromatic nitrogens is 2. The van der Waals surface area contributed by atoms with Crippen LogP contribution in [-0.4, -0.2) is 20.8 Å². The zero-order valence-corrected chi connectivity index (χ0v) is 9.82. The molecule has 15 heavy (non-hydrogen) atoms. The molecule has 3 heteroatoms. The largest absolute Gasteiger partial charge is 0.393 e. The summed E-state index contributed by atoms with van der Waals surface area (Å²) in [5.41, 5.74) is 0. The Labute approximate surface area is 92.1 Å². The fourth-order valence-corrected chi connectivity index (χ4v) is 1.76. The van der Waals surface area contributed by atoms with Gasteiger partial charge in [0, 0.05) is 25.4 Å². The number of unbranched alkanes of at least 4 members (excludes halogenated alkanes) is 2. The van der Waals surface area contributed by atoms with Gasteiger partial charge >= 0.3 is 0 Å². The predicted molar refractivity (Wildman–Crippen MR) is 61.8 cm³/mol. The summed E-state index contributed by atoms with van der Waals surface area (Å²) in [5, 5.41) is 9.81. The van der Waals surface area contributed by atoms with Crippen LogP contribution in [-0.2, 0) is 13.0 Å². The van der Waals surface area contributed by atoms with Gasteiger partial charge in [-0.3, -0.25) is 0 Å². The molecule has 0 bridgehead atoms. The van der Waals surface area contributed by atoms with Gasteiger partial charge in [-0.25, -0.2) is 4.98 Å². The van der Waals surface area contributed by atoms with Crippen molar-refractivity contribution < 1.29 is 5.11 Å². The summed E-state index contributed by atoms with van der Waals surface area (Å²) in [6, 6.07) is 0. The van der Waals surface area contributed by atoms with Crippen molar-refractivity contribution in [3.05, 3.63) is 18.2 Å². The summed E-state index contributed by atoms with van der Waals surface area (Å²) in [4.78, 5) is 4.26. The van der Waals surface area contributed by atoms with Gasteiger partial charge in [0.2, 0.25) is 0 Å². The Morgan fingerprint density at radius 1 is 1.40 bits per heavy atom. The number of hydrogen-bond donors (Lipinski definition) is 1. The van der Waals surface area contributed by atoms with Crippen molar-refractivity contribution in [2.24, 2.45) is 0 Å². The Balaban J connectivity index is 2.33. The molecule has 1 aromatic heterocycles. The van der Waals surface area contributed by atoms with Crippen LogP contribution in [0.3, 0.4) is 0 Å². The topological polar surface area (TPSA) is 38.1 Å². The number of aliphatic hydroxyl groups is 1. The third-order valence-electron chi connectivity index (χ3n) is 2.70. The first-order valence-corrected chi connectivity index (χ1v) is 5.96. The molecule has 0 fully saturated rings. The van der Waals surface area contributed by atoms with Gasteiger partial charge in [-0.2, -0.15) is 0 Å². The van der Waals surface area contributed by atoms with Crippen molar-refractivity contribution in [1.82, 2.24) is 9.55 Å². The van der Waals surface area contributed by atoms with Gasteiger partial charge in [0.15, 0.2) is 0 Å². The van der Waals surface area contributed by atoms with Crippen LogP contribution in [0.2, 0.25) is 0 Å². The number of nitrogens with zero attached hydrogens (tertiary/aromatic N) is 2. The maximum absolute atomic E-state index is 9.81. The zero-order chi connectivity index (χ0) is 11.1. The first-order valence-electron chi connectivity index (χ1n) is 5.96. The van der Waals surface area contributed by atoms with E-state index in [0.29, 0.717) is 6.42 Å². The molecule has 1 atom stereocenters. The lowest BCUT2D eigenvalue weighted by molar-refractivity contribution is 0.157. The Bertz CT molecular complexity index is 270. The van der Waals surface area contributed by atoms with Gasteiger partial charge in [0.25, 0.3) is 0 Å². The Kier molecular flexibility index (Phi) is 5.40. The first kappa shape index (κ1) is 12.2. The molecule has 1 heterocycles. The minimum absolute atomic E-state index is 0.232. The van der Waals surface area contributed by atoms with Crippen molar-refractivity contribution in [1.29, 1.82) is 0 Å². The van der Waals surface area contributed by atoms with Crippen LogP contribution in [0.15, 0.2) is 12.4 Å². The molecule has 0 aliphatic rings.